The van der Waals surface area contributed by atoms with Crippen LogP contribution in [0.15, 0.2) is 6.33 Å². The van der Waals surface area contributed by atoms with Gasteiger partial charge in [-0.2, -0.15) is 5.10 Å². The van der Waals surface area contributed by atoms with Gasteiger partial charge in [-0.05, 0) is 33.6 Å². The highest BCUT2D eigenvalue weighted by Gasteiger charge is 2.34. The fourth-order valence-electron chi connectivity index (χ4n) is 3.02. The molecule has 1 unspecified atom stereocenters. The van der Waals surface area contributed by atoms with Crippen LogP contribution in [0.5, 0.6) is 0 Å². The SMILES string of the molecule is CC(C)C1CNC(C)(C)CN1Cc1ncnn1C(C)C. The van der Waals surface area contributed by atoms with Crippen LogP contribution in [-0.4, -0.2) is 44.3 Å². The van der Waals surface area contributed by atoms with Gasteiger partial charge in [0.25, 0.3) is 0 Å². The summed E-state index contributed by atoms with van der Waals surface area (Å²) in [7, 11) is 0. The summed E-state index contributed by atoms with van der Waals surface area (Å²) in [5.74, 6) is 1.71. The predicted molar refractivity (Wildman–Crippen MR) is 81.5 cm³/mol. The minimum Gasteiger partial charge on any atom is -0.309 e. The van der Waals surface area contributed by atoms with E-state index in [4.69, 9.17) is 0 Å². The molecule has 1 aliphatic rings. The average Bonchev–Trinajstić information content (AvgIpc) is 2.75. The molecule has 0 aromatic carbocycles. The molecular formula is C15H29N5. The van der Waals surface area contributed by atoms with E-state index in [1.165, 1.54) is 0 Å². The van der Waals surface area contributed by atoms with Crippen LogP contribution < -0.4 is 5.32 Å². The van der Waals surface area contributed by atoms with E-state index in [1.807, 2.05) is 4.68 Å². The fraction of sp³-hybridized carbons (Fsp3) is 0.867. The number of hydrogen-bond acceptors (Lipinski definition) is 4. The Bertz CT molecular complexity index is 435. The molecule has 1 aromatic heterocycles. The lowest BCUT2D eigenvalue weighted by Crippen LogP contribution is -2.62. The van der Waals surface area contributed by atoms with Gasteiger partial charge in [-0.3, -0.25) is 4.90 Å². The summed E-state index contributed by atoms with van der Waals surface area (Å²) in [6.07, 6.45) is 1.67. The van der Waals surface area contributed by atoms with Gasteiger partial charge in [0, 0.05) is 30.7 Å². The van der Waals surface area contributed by atoms with E-state index in [0.717, 1.165) is 25.5 Å². The van der Waals surface area contributed by atoms with Gasteiger partial charge in [-0.25, -0.2) is 9.67 Å². The van der Waals surface area contributed by atoms with Crippen molar-refractivity contribution < 1.29 is 0 Å². The Balaban J connectivity index is 2.16. The maximum atomic E-state index is 4.46. The quantitative estimate of drug-likeness (QED) is 0.916. The van der Waals surface area contributed by atoms with Gasteiger partial charge in [0.2, 0.25) is 0 Å². The molecule has 0 saturated carbocycles. The van der Waals surface area contributed by atoms with Crippen LogP contribution >= 0.6 is 0 Å². The molecule has 1 saturated heterocycles. The van der Waals surface area contributed by atoms with E-state index in [-0.39, 0.29) is 5.54 Å². The summed E-state index contributed by atoms with van der Waals surface area (Å²) in [5.41, 5.74) is 0.161. The van der Waals surface area contributed by atoms with Gasteiger partial charge in [-0.1, -0.05) is 13.8 Å². The lowest BCUT2D eigenvalue weighted by atomic mass is 9.93. The van der Waals surface area contributed by atoms with Crippen LogP contribution in [0.3, 0.4) is 0 Å². The molecule has 114 valence electrons. The first-order valence-electron chi connectivity index (χ1n) is 7.67. The van der Waals surface area contributed by atoms with Crippen LogP contribution in [0.1, 0.15) is 53.4 Å². The second kappa shape index (κ2) is 5.82. The Kier molecular flexibility index (Phi) is 4.49. The maximum absolute atomic E-state index is 4.46. The number of piperazine rings is 1. The standard InChI is InChI=1S/C15H29N5/c1-11(2)13-7-17-15(5,6)9-19(13)8-14-16-10-18-20(14)12(3)4/h10-13,17H,7-9H2,1-6H3. The Morgan fingerprint density at radius 2 is 2.05 bits per heavy atom. The molecule has 1 atom stereocenters. The third-order valence-electron chi connectivity index (χ3n) is 4.11. The molecular weight excluding hydrogens is 250 g/mol. The van der Waals surface area contributed by atoms with Crippen molar-refractivity contribution >= 4 is 0 Å². The van der Waals surface area contributed by atoms with E-state index in [2.05, 4.69) is 61.8 Å². The van der Waals surface area contributed by atoms with Crippen LogP contribution in [-0.2, 0) is 6.54 Å². The first kappa shape index (κ1) is 15.4. The number of rotatable bonds is 4. The van der Waals surface area contributed by atoms with Crippen molar-refractivity contribution in [2.75, 3.05) is 13.1 Å². The van der Waals surface area contributed by atoms with Crippen molar-refractivity contribution in [3.05, 3.63) is 12.2 Å². The van der Waals surface area contributed by atoms with E-state index in [9.17, 15) is 0 Å². The Hall–Kier alpha value is -0.940. The van der Waals surface area contributed by atoms with Crippen molar-refractivity contribution in [1.82, 2.24) is 25.0 Å². The summed E-state index contributed by atoms with van der Waals surface area (Å²) in [6.45, 7) is 16.4. The van der Waals surface area contributed by atoms with Gasteiger partial charge in [0.1, 0.15) is 12.2 Å². The van der Waals surface area contributed by atoms with Gasteiger partial charge in [0.05, 0.1) is 6.54 Å². The summed E-state index contributed by atoms with van der Waals surface area (Å²) in [4.78, 5) is 7.02. The topological polar surface area (TPSA) is 46.0 Å². The second-order valence-corrected chi connectivity index (χ2v) is 7.20. The molecule has 1 aromatic rings. The highest BCUT2D eigenvalue weighted by Crippen LogP contribution is 2.22. The van der Waals surface area contributed by atoms with Crippen molar-refractivity contribution in [2.45, 2.75) is 65.7 Å². The molecule has 1 aliphatic heterocycles. The molecule has 20 heavy (non-hydrogen) atoms. The summed E-state index contributed by atoms with van der Waals surface area (Å²) >= 11 is 0. The van der Waals surface area contributed by atoms with Crippen molar-refractivity contribution in [3.8, 4) is 0 Å². The first-order chi connectivity index (χ1) is 9.30. The first-order valence-corrected chi connectivity index (χ1v) is 7.67. The molecule has 0 aliphatic carbocycles. The zero-order valence-corrected chi connectivity index (χ0v) is 13.7. The van der Waals surface area contributed by atoms with Crippen LogP contribution in [0, 0.1) is 5.92 Å². The van der Waals surface area contributed by atoms with Crippen LogP contribution in [0.25, 0.3) is 0 Å². The van der Waals surface area contributed by atoms with Crippen molar-refractivity contribution in [3.63, 3.8) is 0 Å². The van der Waals surface area contributed by atoms with Gasteiger partial charge in [0.15, 0.2) is 0 Å². The van der Waals surface area contributed by atoms with E-state index < -0.39 is 0 Å². The Labute approximate surface area is 122 Å². The zero-order valence-electron chi connectivity index (χ0n) is 13.7. The second-order valence-electron chi connectivity index (χ2n) is 7.20. The molecule has 1 N–H and O–H groups in total. The van der Waals surface area contributed by atoms with Crippen LogP contribution in [0.2, 0.25) is 0 Å². The number of nitrogens with one attached hydrogen (secondary N) is 1. The summed E-state index contributed by atoms with van der Waals surface area (Å²) in [6, 6.07) is 0.918. The normalized spacial score (nSPS) is 23.7. The maximum Gasteiger partial charge on any atom is 0.141 e. The van der Waals surface area contributed by atoms with Gasteiger partial charge >= 0.3 is 0 Å². The Morgan fingerprint density at radius 1 is 1.35 bits per heavy atom. The average molecular weight is 279 g/mol. The Morgan fingerprint density at radius 3 is 2.65 bits per heavy atom. The summed E-state index contributed by atoms with van der Waals surface area (Å²) in [5, 5.41) is 8.00. The minimum atomic E-state index is 0.161. The smallest absolute Gasteiger partial charge is 0.141 e. The largest absolute Gasteiger partial charge is 0.309 e. The number of aromatic nitrogens is 3. The zero-order chi connectivity index (χ0) is 14.9. The molecule has 2 rings (SSSR count). The predicted octanol–water partition coefficient (Wildman–Crippen LogP) is 2.07. The number of hydrogen-bond donors (Lipinski definition) is 1. The van der Waals surface area contributed by atoms with Crippen molar-refractivity contribution in [1.29, 1.82) is 0 Å². The van der Waals surface area contributed by atoms with Gasteiger partial charge in [-0.15, -0.1) is 0 Å². The van der Waals surface area contributed by atoms with E-state index >= 15 is 0 Å². The molecule has 0 amide bonds. The fourth-order valence-corrected chi connectivity index (χ4v) is 3.02. The number of nitrogens with zero attached hydrogens (tertiary/aromatic N) is 4. The molecule has 1 fully saturated rings. The molecule has 0 spiro atoms. The van der Waals surface area contributed by atoms with Crippen LogP contribution in [0.4, 0.5) is 0 Å². The molecule has 2 heterocycles. The highest BCUT2D eigenvalue weighted by molar-refractivity contribution is 4.96. The molecule has 5 heteroatoms. The summed E-state index contributed by atoms with van der Waals surface area (Å²) < 4.78 is 2.03. The lowest BCUT2D eigenvalue weighted by Gasteiger charge is -2.46. The van der Waals surface area contributed by atoms with E-state index in [0.29, 0.717) is 18.0 Å². The third-order valence-corrected chi connectivity index (χ3v) is 4.11. The van der Waals surface area contributed by atoms with Gasteiger partial charge < -0.3 is 5.32 Å². The molecule has 0 radical (unpaired) electrons. The highest BCUT2D eigenvalue weighted by atomic mass is 15.4. The third kappa shape index (κ3) is 3.38. The lowest BCUT2D eigenvalue weighted by molar-refractivity contribution is 0.0590. The van der Waals surface area contributed by atoms with Crippen molar-refractivity contribution in [2.24, 2.45) is 5.92 Å². The molecule has 0 bridgehead atoms. The minimum absolute atomic E-state index is 0.161. The van der Waals surface area contributed by atoms with E-state index in [1.54, 1.807) is 6.33 Å². The monoisotopic (exact) mass is 279 g/mol. The molecule has 5 nitrogen and oxygen atoms in total.